The number of hydrogen-bond acceptors (Lipinski definition) is 3. The molecule has 2 N–H and O–H groups in total. The standard InChI is InChI=1S/C15H22Cl2N2O/c1-19(10-11-5-7-20-8-6-11)14(9-18)12-3-2-4-13(16)15(12)17/h2-4,11,14H,5-10,18H2,1H3. The normalized spacial score (nSPS) is 18.4. The molecular formula is C15H22Cl2N2O. The highest BCUT2D eigenvalue weighted by Gasteiger charge is 2.23. The van der Waals surface area contributed by atoms with Gasteiger partial charge in [0.2, 0.25) is 0 Å². The summed E-state index contributed by atoms with van der Waals surface area (Å²) in [5.41, 5.74) is 6.97. The second-order valence-corrected chi connectivity index (χ2v) is 6.18. The van der Waals surface area contributed by atoms with Crippen molar-refractivity contribution in [3.05, 3.63) is 33.8 Å². The van der Waals surface area contributed by atoms with Gasteiger partial charge in [0.25, 0.3) is 0 Å². The van der Waals surface area contributed by atoms with Gasteiger partial charge in [0, 0.05) is 32.3 Å². The first-order valence-corrected chi connectivity index (χ1v) is 7.81. The fraction of sp³-hybridized carbons (Fsp3) is 0.600. The van der Waals surface area contributed by atoms with E-state index >= 15 is 0 Å². The molecule has 0 radical (unpaired) electrons. The third-order valence-electron chi connectivity index (χ3n) is 3.98. The third-order valence-corrected chi connectivity index (χ3v) is 4.82. The van der Waals surface area contributed by atoms with E-state index in [-0.39, 0.29) is 6.04 Å². The Morgan fingerprint density at radius 1 is 1.35 bits per heavy atom. The fourth-order valence-electron chi connectivity index (χ4n) is 2.79. The van der Waals surface area contributed by atoms with Crippen LogP contribution in [0.15, 0.2) is 18.2 Å². The van der Waals surface area contributed by atoms with Crippen molar-refractivity contribution in [2.75, 3.05) is 33.4 Å². The van der Waals surface area contributed by atoms with E-state index in [1.54, 1.807) is 6.07 Å². The van der Waals surface area contributed by atoms with Gasteiger partial charge in [-0.25, -0.2) is 0 Å². The molecule has 1 aliphatic rings. The highest BCUT2D eigenvalue weighted by molar-refractivity contribution is 6.42. The zero-order chi connectivity index (χ0) is 14.5. The smallest absolute Gasteiger partial charge is 0.0640 e. The van der Waals surface area contributed by atoms with Gasteiger partial charge in [-0.3, -0.25) is 4.90 Å². The Morgan fingerprint density at radius 3 is 2.70 bits per heavy atom. The van der Waals surface area contributed by atoms with Gasteiger partial charge in [-0.2, -0.15) is 0 Å². The molecule has 2 rings (SSSR count). The van der Waals surface area contributed by atoms with Crippen LogP contribution in [0, 0.1) is 5.92 Å². The number of nitrogens with zero attached hydrogens (tertiary/aromatic N) is 1. The maximum atomic E-state index is 6.32. The predicted molar refractivity (Wildman–Crippen MR) is 84.4 cm³/mol. The molecule has 1 unspecified atom stereocenters. The summed E-state index contributed by atoms with van der Waals surface area (Å²) in [5.74, 6) is 0.667. The summed E-state index contributed by atoms with van der Waals surface area (Å²) in [5, 5.41) is 1.20. The molecule has 0 saturated carbocycles. The minimum atomic E-state index is 0.101. The maximum Gasteiger partial charge on any atom is 0.0640 e. The molecule has 0 aromatic heterocycles. The summed E-state index contributed by atoms with van der Waals surface area (Å²) in [7, 11) is 2.10. The van der Waals surface area contributed by atoms with Crippen LogP contribution in [0.5, 0.6) is 0 Å². The van der Waals surface area contributed by atoms with Crippen molar-refractivity contribution in [2.45, 2.75) is 18.9 Å². The zero-order valence-electron chi connectivity index (χ0n) is 11.8. The average molecular weight is 317 g/mol. The van der Waals surface area contributed by atoms with Crippen molar-refractivity contribution >= 4 is 23.2 Å². The van der Waals surface area contributed by atoms with Gasteiger partial charge in [0.15, 0.2) is 0 Å². The number of ether oxygens (including phenoxy) is 1. The molecule has 0 spiro atoms. The molecule has 0 amide bonds. The van der Waals surface area contributed by atoms with Crippen LogP contribution in [0.4, 0.5) is 0 Å². The topological polar surface area (TPSA) is 38.5 Å². The first kappa shape index (κ1) is 16.1. The molecular weight excluding hydrogens is 295 g/mol. The van der Waals surface area contributed by atoms with Crippen LogP contribution in [-0.2, 0) is 4.74 Å². The molecule has 1 atom stereocenters. The summed E-state index contributed by atoms with van der Waals surface area (Å²) < 4.78 is 5.41. The number of halogens is 2. The number of nitrogens with two attached hydrogens (primary N) is 1. The monoisotopic (exact) mass is 316 g/mol. The minimum absolute atomic E-state index is 0.101. The van der Waals surface area contributed by atoms with E-state index in [0.717, 1.165) is 38.2 Å². The molecule has 0 aliphatic carbocycles. The largest absolute Gasteiger partial charge is 0.381 e. The third kappa shape index (κ3) is 3.86. The quantitative estimate of drug-likeness (QED) is 0.905. The van der Waals surface area contributed by atoms with Crippen molar-refractivity contribution < 1.29 is 4.74 Å². The molecule has 1 aliphatic heterocycles. The lowest BCUT2D eigenvalue weighted by molar-refractivity contribution is 0.0507. The van der Waals surface area contributed by atoms with Gasteiger partial charge in [-0.1, -0.05) is 35.3 Å². The molecule has 5 heteroatoms. The van der Waals surface area contributed by atoms with Gasteiger partial charge >= 0.3 is 0 Å². The number of hydrogen-bond donors (Lipinski definition) is 1. The van der Waals surface area contributed by atoms with Gasteiger partial charge in [-0.05, 0) is 37.4 Å². The second-order valence-electron chi connectivity index (χ2n) is 5.39. The Kier molecular flexibility index (Phi) is 6.12. The summed E-state index contributed by atoms with van der Waals surface area (Å²) >= 11 is 12.4. The van der Waals surface area contributed by atoms with Crippen LogP contribution in [0.2, 0.25) is 10.0 Å². The van der Waals surface area contributed by atoms with Gasteiger partial charge < -0.3 is 10.5 Å². The summed E-state index contributed by atoms with van der Waals surface area (Å²) in [6, 6.07) is 5.84. The van der Waals surface area contributed by atoms with Crippen LogP contribution >= 0.6 is 23.2 Å². The summed E-state index contributed by atoms with van der Waals surface area (Å²) in [4.78, 5) is 2.29. The summed E-state index contributed by atoms with van der Waals surface area (Å²) in [6.45, 7) is 3.27. The fourth-order valence-corrected chi connectivity index (χ4v) is 3.22. The number of benzene rings is 1. The van der Waals surface area contributed by atoms with Gasteiger partial charge in [0.1, 0.15) is 0 Å². The molecule has 0 bridgehead atoms. The highest BCUT2D eigenvalue weighted by atomic mass is 35.5. The molecule has 1 heterocycles. The highest BCUT2D eigenvalue weighted by Crippen LogP contribution is 2.32. The number of rotatable bonds is 5. The Hall–Kier alpha value is -0.320. The molecule has 1 aromatic carbocycles. The van der Waals surface area contributed by atoms with Gasteiger partial charge in [-0.15, -0.1) is 0 Å². The predicted octanol–water partition coefficient (Wildman–Crippen LogP) is 3.35. The molecule has 1 aromatic rings. The van der Waals surface area contributed by atoms with Crippen LogP contribution < -0.4 is 5.73 Å². The lowest BCUT2D eigenvalue weighted by Gasteiger charge is -2.33. The average Bonchev–Trinajstić information content (AvgIpc) is 2.45. The van der Waals surface area contributed by atoms with Crippen LogP contribution in [0.3, 0.4) is 0 Å². The molecule has 20 heavy (non-hydrogen) atoms. The Morgan fingerprint density at radius 2 is 2.05 bits per heavy atom. The van der Waals surface area contributed by atoms with E-state index in [1.165, 1.54) is 0 Å². The lowest BCUT2D eigenvalue weighted by atomic mass is 9.98. The maximum absolute atomic E-state index is 6.32. The van der Waals surface area contributed by atoms with E-state index in [4.69, 9.17) is 33.7 Å². The van der Waals surface area contributed by atoms with Crippen molar-refractivity contribution in [1.82, 2.24) is 4.90 Å². The first-order chi connectivity index (χ1) is 9.63. The second kappa shape index (κ2) is 7.62. The zero-order valence-corrected chi connectivity index (χ0v) is 13.3. The van der Waals surface area contributed by atoms with Crippen LogP contribution in [0.1, 0.15) is 24.4 Å². The van der Waals surface area contributed by atoms with E-state index in [2.05, 4.69) is 11.9 Å². The SMILES string of the molecule is CN(CC1CCOCC1)C(CN)c1cccc(Cl)c1Cl. The molecule has 3 nitrogen and oxygen atoms in total. The minimum Gasteiger partial charge on any atom is -0.381 e. The van der Waals surface area contributed by atoms with E-state index in [0.29, 0.717) is 22.5 Å². The van der Waals surface area contributed by atoms with Crippen LogP contribution in [0.25, 0.3) is 0 Å². The van der Waals surface area contributed by atoms with Crippen molar-refractivity contribution in [2.24, 2.45) is 11.7 Å². The van der Waals surface area contributed by atoms with Gasteiger partial charge in [0.05, 0.1) is 10.0 Å². The molecule has 112 valence electrons. The van der Waals surface area contributed by atoms with Crippen LogP contribution in [-0.4, -0.2) is 38.3 Å². The first-order valence-electron chi connectivity index (χ1n) is 7.05. The van der Waals surface area contributed by atoms with E-state index in [9.17, 15) is 0 Å². The lowest BCUT2D eigenvalue weighted by Crippen LogP contribution is -2.36. The van der Waals surface area contributed by atoms with Crippen molar-refractivity contribution in [1.29, 1.82) is 0 Å². The van der Waals surface area contributed by atoms with Crippen molar-refractivity contribution in [3.63, 3.8) is 0 Å². The molecule has 1 saturated heterocycles. The Labute approximate surface area is 131 Å². The number of likely N-dealkylation sites (N-methyl/N-ethyl adjacent to an activating group) is 1. The molecule has 1 fully saturated rings. The summed E-state index contributed by atoms with van der Waals surface area (Å²) in [6.07, 6.45) is 2.23. The van der Waals surface area contributed by atoms with E-state index < -0.39 is 0 Å². The van der Waals surface area contributed by atoms with E-state index in [1.807, 2.05) is 12.1 Å². The Bertz CT molecular complexity index is 436. The Balaban J connectivity index is 2.08. The van der Waals surface area contributed by atoms with Crippen molar-refractivity contribution in [3.8, 4) is 0 Å².